The Balaban J connectivity index is 2.07. The molecule has 2 atom stereocenters. The van der Waals surface area contributed by atoms with Gasteiger partial charge in [0.15, 0.2) is 6.10 Å². The molecule has 26 heavy (non-hydrogen) atoms. The largest absolute Gasteiger partial charge is 0.451 e. The first kappa shape index (κ1) is 20.7. The molecule has 1 aromatic rings. The SMILES string of the molecule is CC(C)[C@H](NS(=O)(=O)c1cccc(Cl)c1)C(=O)O[C@H](C)C(=O)NC1CC1. The number of rotatable bonds is 8. The van der Waals surface area contributed by atoms with Gasteiger partial charge in [-0.3, -0.25) is 9.59 Å². The Morgan fingerprint density at radius 1 is 1.23 bits per heavy atom. The molecule has 1 saturated carbocycles. The number of nitrogens with one attached hydrogen (secondary N) is 2. The monoisotopic (exact) mass is 402 g/mol. The fraction of sp³-hybridized carbons (Fsp3) is 0.529. The van der Waals surface area contributed by atoms with Crippen LogP contribution in [0.3, 0.4) is 0 Å². The lowest BCUT2D eigenvalue weighted by Crippen LogP contribution is -2.47. The molecule has 1 amide bonds. The highest BCUT2D eigenvalue weighted by molar-refractivity contribution is 7.89. The summed E-state index contributed by atoms with van der Waals surface area (Å²) in [5.41, 5.74) is 0. The van der Waals surface area contributed by atoms with Crippen molar-refractivity contribution in [3.8, 4) is 0 Å². The van der Waals surface area contributed by atoms with Crippen LogP contribution in [0.15, 0.2) is 29.2 Å². The van der Waals surface area contributed by atoms with Crippen molar-refractivity contribution in [3.05, 3.63) is 29.3 Å². The average molecular weight is 403 g/mol. The average Bonchev–Trinajstić information content (AvgIpc) is 3.36. The van der Waals surface area contributed by atoms with Crippen molar-refractivity contribution in [1.82, 2.24) is 10.0 Å². The molecule has 0 spiro atoms. The lowest BCUT2D eigenvalue weighted by molar-refractivity contribution is -0.157. The molecular formula is C17H23ClN2O5S. The molecule has 0 heterocycles. The van der Waals surface area contributed by atoms with E-state index in [0.29, 0.717) is 0 Å². The van der Waals surface area contributed by atoms with Gasteiger partial charge in [-0.25, -0.2) is 8.42 Å². The van der Waals surface area contributed by atoms with Crippen molar-refractivity contribution in [3.63, 3.8) is 0 Å². The third kappa shape index (κ3) is 5.69. The summed E-state index contributed by atoms with van der Waals surface area (Å²) >= 11 is 5.83. The standard InChI is InChI=1S/C17H23ClN2O5S/c1-10(2)15(17(22)25-11(3)16(21)19-13-7-8-13)20-26(23,24)14-6-4-5-12(18)9-14/h4-6,9-11,13,15,20H,7-8H2,1-3H3,(H,19,21)/t11-,15+/m1/s1. The minimum atomic E-state index is -3.97. The number of halogens is 1. The maximum atomic E-state index is 12.5. The lowest BCUT2D eigenvalue weighted by atomic mass is 10.1. The van der Waals surface area contributed by atoms with Crippen LogP contribution >= 0.6 is 11.6 Å². The van der Waals surface area contributed by atoms with Gasteiger partial charge in [0.2, 0.25) is 10.0 Å². The van der Waals surface area contributed by atoms with Crippen LogP contribution in [0.4, 0.5) is 0 Å². The molecule has 0 saturated heterocycles. The number of hydrogen-bond acceptors (Lipinski definition) is 5. The quantitative estimate of drug-likeness (QED) is 0.646. The van der Waals surface area contributed by atoms with E-state index in [-0.39, 0.29) is 27.8 Å². The normalized spacial score (nSPS) is 16.8. The second-order valence-corrected chi connectivity index (χ2v) is 8.81. The summed E-state index contributed by atoms with van der Waals surface area (Å²) in [6.07, 6.45) is 0.834. The molecule has 0 radical (unpaired) electrons. The summed E-state index contributed by atoms with van der Waals surface area (Å²) in [7, 11) is -3.97. The van der Waals surface area contributed by atoms with E-state index >= 15 is 0 Å². The van der Waals surface area contributed by atoms with Crippen LogP contribution in [0.1, 0.15) is 33.6 Å². The van der Waals surface area contributed by atoms with Gasteiger partial charge in [-0.2, -0.15) is 4.72 Å². The molecule has 1 aromatic carbocycles. The Morgan fingerprint density at radius 3 is 2.42 bits per heavy atom. The number of amides is 1. The van der Waals surface area contributed by atoms with Crippen molar-refractivity contribution >= 4 is 33.5 Å². The van der Waals surface area contributed by atoms with Crippen LogP contribution in [-0.4, -0.2) is 38.5 Å². The summed E-state index contributed by atoms with van der Waals surface area (Å²) in [5.74, 6) is -1.57. The third-order valence-electron chi connectivity index (χ3n) is 3.89. The van der Waals surface area contributed by atoms with Gasteiger partial charge in [-0.15, -0.1) is 0 Å². The first-order valence-electron chi connectivity index (χ1n) is 8.39. The van der Waals surface area contributed by atoms with Gasteiger partial charge < -0.3 is 10.1 Å². The van der Waals surface area contributed by atoms with E-state index in [9.17, 15) is 18.0 Å². The number of ether oxygens (including phenoxy) is 1. The Bertz CT molecular complexity index is 777. The molecule has 144 valence electrons. The first-order chi connectivity index (χ1) is 12.1. The number of carbonyl (C=O) groups is 2. The number of sulfonamides is 1. The number of benzene rings is 1. The molecule has 0 unspecified atom stereocenters. The second kappa shape index (κ2) is 8.37. The Kier molecular flexibility index (Phi) is 6.65. The summed E-state index contributed by atoms with van der Waals surface area (Å²) in [6, 6.07) is 4.74. The predicted octanol–water partition coefficient (Wildman–Crippen LogP) is 1.85. The van der Waals surface area contributed by atoms with Crippen molar-refractivity contribution in [2.75, 3.05) is 0 Å². The van der Waals surface area contributed by atoms with Crippen LogP contribution < -0.4 is 10.0 Å². The van der Waals surface area contributed by atoms with Crippen molar-refractivity contribution in [2.24, 2.45) is 5.92 Å². The summed E-state index contributed by atoms with van der Waals surface area (Å²) in [6.45, 7) is 4.82. The first-order valence-corrected chi connectivity index (χ1v) is 10.2. The van der Waals surface area contributed by atoms with Crippen molar-refractivity contribution < 1.29 is 22.7 Å². The van der Waals surface area contributed by atoms with Crippen LogP contribution in [0.2, 0.25) is 5.02 Å². The smallest absolute Gasteiger partial charge is 0.325 e. The third-order valence-corrected chi connectivity index (χ3v) is 5.57. The zero-order chi connectivity index (χ0) is 19.5. The molecule has 1 aliphatic rings. The van der Waals surface area contributed by atoms with Crippen LogP contribution in [0, 0.1) is 5.92 Å². The highest BCUT2D eigenvalue weighted by atomic mass is 35.5. The minimum Gasteiger partial charge on any atom is -0.451 e. The molecule has 7 nitrogen and oxygen atoms in total. The minimum absolute atomic E-state index is 0.0528. The van der Waals surface area contributed by atoms with E-state index in [4.69, 9.17) is 16.3 Å². The molecule has 2 N–H and O–H groups in total. The van der Waals surface area contributed by atoms with Crippen molar-refractivity contribution in [1.29, 1.82) is 0 Å². The molecular weight excluding hydrogens is 380 g/mol. The molecule has 1 fully saturated rings. The van der Waals surface area contributed by atoms with Gasteiger partial charge in [0, 0.05) is 11.1 Å². The van der Waals surface area contributed by atoms with E-state index in [2.05, 4.69) is 10.0 Å². The molecule has 1 aliphatic carbocycles. The highest BCUT2D eigenvalue weighted by Crippen LogP contribution is 2.19. The maximum absolute atomic E-state index is 12.5. The van der Waals surface area contributed by atoms with E-state index in [1.165, 1.54) is 25.1 Å². The fourth-order valence-electron chi connectivity index (χ4n) is 2.17. The summed E-state index contributed by atoms with van der Waals surface area (Å²) in [4.78, 5) is 24.3. The van der Waals surface area contributed by atoms with E-state index in [1.54, 1.807) is 19.9 Å². The number of carbonyl (C=O) groups excluding carboxylic acids is 2. The van der Waals surface area contributed by atoms with Gasteiger partial charge >= 0.3 is 5.97 Å². The zero-order valence-corrected chi connectivity index (χ0v) is 16.4. The molecule has 0 aliphatic heterocycles. The van der Waals surface area contributed by atoms with Crippen LogP contribution in [-0.2, 0) is 24.3 Å². The molecule has 0 aromatic heterocycles. The van der Waals surface area contributed by atoms with Crippen LogP contribution in [0.25, 0.3) is 0 Å². The summed E-state index contributed by atoms with van der Waals surface area (Å²) in [5, 5.41) is 3.00. The Morgan fingerprint density at radius 2 is 1.88 bits per heavy atom. The summed E-state index contributed by atoms with van der Waals surface area (Å²) < 4.78 is 32.5. The van der Waals surface area contributed by atoms with E-state index in [1.807, 2.05) is 0 Å². The van der Waals surface area contributed by atoms with Gasteiger partial charge in [0.05, 0.1) is 4.90 Å². The topological polar surface area (TPSA) is 102 Å². The van der Waals surface area contributed by atoms with E-state index in [0.717, 1.165) is 12.8 Å². The van der Waals surface area contributed by atoms with Crippen LogP contribution in [0.5, 0.6) is 0 Å². The Hall–Kier alpha value is -1.64. The number of esters is 1. The van der Waals surface area contributed by atoms with E-state index < -0.39 is 28.1 Å². The Labute approximate surface area is 158 Å². The van der Waals surface area contributed by atoms with Gasteiger partial charge in [-0.05, 0) is 43.9 Å². The molecule has 0 bridgehead atoms. The highest BCUT2D eigenvalue weighted by Gasteiger charge is 2.33. The van der Waals surface area contributed by atoms with Crippen molar-refractivity contribution in [2.45, 2.75) is 56.7 Å². The second-order valence-electron chi connectivity index (χ2n) is 6.66. The number of hydrogen-bond donors (Lipinski definition) is 2. The maximum Gasteiger partial charge on any atom is 0.325 e. The lowest BCUT2D eigenvalue weighted by Gasteiger charge is -2.23. The fourth-order valence-corrected chi connectivity index (χ4v) is 3.81. The molecule has 2 rings (SSSR count). The van der Waals surface area contributed by atoms with Gasteiger partial charge in [-0.1, -0.05) is 31.5 Å². The van der Waals surface area contributed by atoms with Gasteiger partial charge in [0.25, 0.3) is 5.91 Å². The molecule has 9 heteroatoms. The van der Waals surface area contributed by atoms with Gasteiger partial charge in [0.1, 0.15) is 6.04 Å². The predicted molar refractivity (Wildman–Crippen MR) is 97.1 cm³/mol. The zero-order valence-electron chi connectivity index (χ0n) is 14.9.